The predicted octanol–water partition coefficient (Wildman–Crippen LogP) is 3.29. The molecule has 0 saturated heterocycles. The van der Waals surface area contributed by atoms with E-state index in [0.29, 0.717) is 5.75 Å². The van der Waals surface area contributed by atoms with Gasteiger partial charge in [0, 0.05) is 10.6 Å². The number of aliphatic carboxylic acids is 1. The first kappa shape index (κ1) is 13.9. The van der Waals surface area contributed by atoms with E-state index in [9.17, 15) is 4.79 Å². The van der Waals surface area contributed by atoms with Crippen molar-refractivity contribution in [2.24, 2.45) is 5.92 Å². The molecule has 0 bridgehead atoms. The summed E-state index contributed by atoms with van der Waals surface area (Å²) in [7, 11) is 1.63. The Hall–Kier alpha value is -1.16. The number of carboxylic acids is 1. The lowest BCUT2D eigenvalue weighted by Gasteiger charge is -2.10. The fourth-order valence-electron chi connectivity index (χ4n) is 1.50. The maximum atomic E-state index is 11.0. The molecule has 1 aromatic carbocycles. The average molecular weight is 254 g/mol. The van der Waals surface area contributed by atoms with Crippen LogP contribution in [-0.2, 0) is 4.79 Å². The van der Waals surface area contributed by atoms with Gasteiger partial charge >= 0.3 is 5.97 Å². The first-order valence-electron chi connectivity index (χ1n) is 5.67. The second kappa shape index (κ2) is 7.22. The Morgan fingerprint density at radius 2 is 2.06 bits per heavy atom. The van der Waals surface area contributed by atoms with Gasteiger partial charge in [-0.3, -0.25) is 4.79 Å². The molecule has 17 heavy (non-hydrogen) atoms. The Morgan fingerprint density at radius 3 is 2.53 bits per heavy atom. The Labute approximate surface area is 106 Å². The highest BCUT2D eigenvalue weighted by atomic mass is 32.2. The first-order valence-corrected chi connectivity index (χ1v) is 6.65. The van der Waals surface area contributed by atoms with Crippen LogP contribution in [0.15, 0.2) is 29.2 Å². The molecule has 1 unspecified atom stereocenters. The molecule has 1 rings (SSSR count). The van der Waals surface area contributed by atoms with Crippen molar-refractivity contribution in [3.8, 4) is 5.75 Å². The van der Waals surface area contributed by atoms with Gasteiger partial charge in [0.05, 0.1) is 13.0 Å². The van der Waals surface area contributed by atoms with E-state index >= 15 is 0 Å². The fraction of sp³-hybridized carbons (Fsp3) is 0.462. The van der Waals surface area contributed by atoms with Crippen LogP contribution in [-0.4, -0.2) is 23.9 Å². The summed E-state index contributed by atoms with van der Waals surface area (Å²) in [5, 5.41) is 9.03. The monoisotopic (exact) mass is 254 g/mol. The molecule has 0 aliphatic carbocycles. The zero-order chi connectivity index (χ0) is 12.7. The smallest absolute Gasteiger partial charge is 0.307 e. The van der Waals surface area contributed by atoms with Crippen LogP contribution in [0, 0.1) is 5.92 Å². The largest absolute Gasteiger partial charge is 0.497 e. The molecule has 0 radical (unpaired) electrons. The summed E-state index contributed by atoms with van der Waals surface area (Å²) < 4.78 is 5.07. The number of carboxylic acid groups (broad SMARTS) is 1. The number of rotatable bonds is 7. The van der Waals surface area contributed by atoms with E-state index in [-0.39, 0.29) is 5.92 Å². The summed E-state index contributed by atoms with van der Waals surface area (Å²) >= 11 is 1.58. The maximum Gasteiger partial charge on any atom is 0.307 e. The molecule has 0 amide bonds. The minimum Gasteiger partial charge on any atom is -0.497 e. The van der Waals surface area contributed by atoms with Crippen LogP contribution < -0.4 is 4.74 Å². The van der Waals surface area contributed by atoms with E-state index in [1.807, 2.05) is 31.2 Å². The molecule has 1 atom stereocenters. The van der Waals surface area contributed by atoms with Gasteiger partial charge in [0.25, 0.3) is 0 Å². The van der Waals surface area contributed by atoms with Crippen molar-refractivity contribution in [1.82, 2.24) is 0 Å². The molecular weight excluding hydrogens is 236 g/mol. The lowest BCUT2D eigenvalue weighted by Crippen LogP contribution is -2.15. The Kier molecular flexibility index (Phi) is 5.91. The summed E-state index contributed by atoms with van der Waals surface area (Å²) in [5.74, 6) is 0.479. The van der Waals surface area contributed by atoms with Gasteiger partial charge in [0.1, 0.15) is 5.75 Å². The van der Waals surface area contributed by atoms with Gasteiger partial charge in [-0.1, -0.05) is 13.3 Å². The number of thioether (sulfide) groups is 1. The zero-order valence-electron chi connectivity index (χ0n) is 10.2. The van der Waals surface area contributed by atoms with Crippen molar-refractivity contribution in [2.75, 3.05) is 12.9 Å². The van der Waals surface area contributed by atoms with E-state index in [0.717, 1.165) is 23.5 Å². The highest BCUT2D eigenvalue weighted by Crippen LogP contribution is 2.24. The molecule has 3 nitrogen and oxygen atoms in total. The predicted molar refractivity (Wildman–Crippen MR) is 69.8 cm³/mol. The van der Waals surface area contributed by atoms with Gasteiger partial charge in [0.2, 0.25) is 0 Å². The van der Waals surface area contributed by atoms with Gasteiger partial charge in [-0.2, -0.15) is 0 Å². The standard InChI is InChI=1S/C13H18O3S/c1-3-4-10(13(14)15)9-17-12-7-5-11(16-2)6-8-12/h5-8,10H,3-4,9H2,1-2H3,(H,14,15). The van der Waals surface area contributed by atoms with Gasteiger partial charge in [-0.25, -0.2) is 0 Å². The van der Waals surface area contributed by atoms with Crippen LogP contribution in [0.1, 0.15) is 19.8 Å². The molecular formula is C13H18O3S. The molecule has 0 aromatic heterocycles. The second-order valence-corrected chi connectivity index (χ2v) is 4.90. The molecule has 1 aromatic rings. The van der Waals surface area contributed by atoms with E-state index < -0.39 is 5.97 Å². The Balaban J connectivity index is 2.50. The topological polar surface area (TPSA) is 46.5 Å². The number of benzene rings is 1. The molecule has 0 heterocycles. The van der Waals surface area contributed by atoms with Crippen LogP contribution in [0.25, 0.3) is 0 Å². The fourth-order valence-corrected chi connectivity index (χ4v) is 2.53. The molecule has 94 valence electrons. The SMILES string of the molecule is CCCC(CSc1ccc(OC)cc1)C(=O)O. The number of hydrogen-bond acceptors (Lipinski definition) is 3. The highest BCUT2D eigenvalue weighted by Gasteiger charge is 2.16. The van der Waals surface area contributed by atoms with Crippen molar-refractivity contribution in [3.05, 3.63) is 24.3 Å². The molecule has 0 saturated carbocycles. The third-order valence-corrected chi connectivity index (χ3v) is 3.67. The lowest BCUT2D eigenvalue weighted by molar-refractivity contribution is -0.141. The van der Waals surface area contributed by atoms with Gasteiger partial charge in [-0.05, 0) is 30.7 Å². The minimum atomic E-state index is -0.701. The van der Waals surface area contributed by atoms with Gasteiger partial charge in [-0.15, -0.1) is 11.8 Å². The van der Waals surface area contributed by atoms with Crippen LogP contribution in [0.3, 0.4) is 0 Å². The molecule has 4 heteroatoms. The molecule has 0 aliphatic rings. The van der Waals surface area contributed by atoms with Crippen molar-refractivity contribution >= 4 is 17.7 Å². The quantitative estimate of drug-likeness (QED) is 0.758. The highest BCUT2D eigenvalue weighted by molar-refractivity contribution is 7.99. The van der Waals surface area contributed by atoms with Crippen LogP contribution >= 0.6 is 11.8 Å². The van der Waals surface area contributed by atoms with E-state index in [4.69, 9.17) is 9.84 Å². The minimum absolute atomic E-state index is 0.257. The molecule has 0 aliphatic heterocycles. The Morgan fingerprint density at radius 1 is 1.41 bits per heavy atom. The van der Waals surface area contributed by atoms with Crippen molar-refractivity contribution in [3.63, 3.8) is 0 Å². The third-order valence-electron chi connectivity index (χ3n) is 2.50. The van der Waals surface area contributed by atoms with Crippen molar-refractivity contribution in [1.29, 1.82) is 0 Å². The van der Waals surface area contributed by atoms with E-state index in [1.54, 1.807) is 18.9 Å². The van der Waals surface area contributed by atoms with Crippen LogP contribution in [0.2, 0.25) is 0 Å². The van der Waals surface area contributed by atoms with Crippen LogP contribution in [0.5, 0.6) is 5.75 Å². The molecule has 0 spiro atoms. The van der Waals surface area contributed by atoms with Gasteiger partial charge in [0.15, 0.2) is 0 Å². The summed E-state index contributed by atoms with van der Waals surface area (Å²) in [6, 6.07) is 7.68. The molecule has 0 fully saturated rings. The summed E-state index contributed by atoms with van der Waals surface area (Å²) in [5.41, 5.74) is 0. The number of ether oxygens (including phenoxy) is 1. The average Bonchev–Trinajstić information content (AvgIpc) is 2.34. The second-order valence-electron chi connectivity index (χ2n) is 3.81. The third kappa shape index (κ3) is 4.69. The van der Waals surface area contributed by atoms with Crippen molar-refractivity contribution in [2.45, 2.75) is 24.7 Å². The number of carbonyl (C=O) groups is 1. The number of methoxy groups -OCH3 is 1. The van der Waals surface area contributed by atoms with Crippen molar-refractivity contribution < 1.29 is 14.6 Å². The van der Waals surface area contributed by atoms with Crippen LogP contribution in [0.4, 0.5) is 0 Å². The zero-order valence-corrected chi connectivity index (χ0v) is 11.0. The summed E-state index contributed by atoms with van der Waals surface area (Å²) in [6.07, 6.45) is 1.64. The lowest BCUT2D eigenvalue weighted by atomic mass is 10.1. The maximum absolute atomic E-state index is 11.0. The normalized spacial score (nSPS) is 12.1. The van der Waals surface area contributed by atoms with Gasteiger partial charge < -0.3 is 9.84 Å². The Bertz CT molecular complexity index is 348. The summed E-state index contributed by atoms with van der Waals surface area (Å²) in [6.45, 7) is 2.01. The van der Waals surface area contributed by atoms with E-state index in [1.165, 1.54) is 0 Å². The summed E-state index contributed by atoms with van der Waals surface area (Å²) in [4.78, 5) is 12.1. The van der Waals surface area contributed by atoms with E-state index in [2.05, 4.69) is 0 Å². The number of hydrogen-bond donors (Lipinski definition) is 1. The molecule has 1 N–H and O–H groups in total. The first-order chi connectivity index (χ1) is 8.17.